The van der Waals surface area contributed by atoms with Crippen LogP contribution in [-0.4, -0.2) is 17.0 Å². The fourth-order valence-corrected chi connectivity index (χ4v) is 2.81. The normalized spacial score (nSPS) is 11.4. The van der Waals surface area contributed by atoms with Gasteiger partial charge in [0.15, 0.2) is 5.84 Å². The van der Waals surface area contributed by atoms with Crippen LogP contribution in [0.2, 0.25) is 0 Å². The van der Waals surface area contributed by atoms with Crippen LogP contribution < -0.4 is 11.1 Å². The Kier molecular flexibility index (Phi) is 4.55. The van der Waals surface area contributed by atoms with Crippen LogP contribution in [0.15, 0.2) is 34.8 Å². The quantitative estimate of drug-likeness (QED) is 0.241. The number of halogens is 2. The third kappa shape index (κ3) is 3.25. The second-order valence-electron chi connectivity index (χ2n) is 3.77. The molecular formula is C12H9FIN3O2S. The zero-order valence-corrected chi connectivity index (χ0v) is 12.9. The van der Waals surface area contributed by atoms with Gasteiger partial charge in [0.2, 0.25) is 0 Å². The second kappa shape index (κ2) is 6.18. The summed E-state index contributed by atoms with van der Waals surface area (Å²) in [7, 11) is 0. The summed E-state index contributed by atoms with van der Waals surface area (Å²) in [6, 6.07) is 5.59. The van der Waals surface area contributed by atoms with Gasteiger partial charge < -0.3 is 16.3 Å². The van der Waals surface area contributed by atoms with Gasteiger partial charge in [0.25, 0.3) is 5.91 Å². The number of rotatable bonds is 3. The van der Waals surface area contributed by atoms with Crippen molar-refractivity contribution in [2.24, 2.45) is 10.9 Å². The number of nitrogens with one attached hydrogen (secondary N) is 1. The summed E-state index contributed by atoms with van der Waals surface area (Å²) in [6.07, 6.45) is 0. The van der Waals surface area contributed by atoms with Crippen molar-refractivity contribution in [2.75, 3.05) is 5.32 Å². The van der Waals surface area contributed by atoms with Crippen molar-refractivity contribution in [3.63, 3.8) is 0 Å². The van der Waals surface area contributed by atoms with E-state index in [1.807, 2.05) is 0 Å². The average molecular weight is 405 g/mol. The first kappa shape index (κ1) is 14.7. The fourth-order valence-electron chi connectivity index (χ4n) is 1.49. The maximum atomic E-state index is 13.5. The van der Waals surface area contributed by atoms with Gasteiger partial charge in [0.05, 0.1) is 14.0 Å². The Balaban J connectivity index is 2.24. The van der Waals surface area contributed by atoms with Crippen LogP contribution >= 0.6 is 33.9 Å². The molecule has 1 amide bonds. The highest BCUT2D eigenvalue weighted by atomic mass is 127. The maximum Gasteiger partial charge on any atom is 0.256 e. The minimum atomic E-state index is -0.636. The third-order valence-electron chi connectivity index (χ3n) is 2.44. The second-order valence-corrected chi connectivity index (χ2v) is 6.58. The molecule has 0 aliphatic rings. The monoisotopic (exact) mass is 405 g/mol. The zero-order chi connectivity index (χ0) is 14.7. The Labute approximate surface area is 131 Å². The van der Waals surface area contributed by atoms with Gasteiger partial charge in [-0.1, -0.05) is 5.16 Å². The molecule has 2 aromatic rings. The van der Waals surface area contributed by atoms with Crippen molar-refractivity contribution < 1.29 is 14.4 Å². The van der Waals surface area contributed by atoms with Gasteiger partial charge in [-0.2, -0.15) is 0 Å². The number of carbonyl (C=O) groups excluding carboxylic acids is 1. The summed E-state index contributed by atoms with van der Waals surface area (Å²) < 4.78 is 14.5. The molecule has 4 N–H and O–H groups in total. The minimum Gasteiger partial charge on any atom is -0.409 e. The van der Waals surface area contributed by atoms with Gasteiger partial charge in [-0.15, -0.1) is 11.3 Å². The molecule has 2 rings (SSSR count). The lowest BCUT2D eigenvalue weighted by atomic mass is 10.1. The van der Waals surface area contributed by atoms with E-state index in [1.54, 1.807) is 11.4 Å². The summed E-state index contributed by atoms with van der Waals surface area (Å²) in [5, 5.41) is 15.7. The standard InChI is InChI=1S/C12H9FIN3O2S/c13-9-2-1-7(4-8(9)11(15)17-19)16-12(18)6-3-10(14)20-5-6/h1-5,19H,(H2,15,17)(H,16,18). The summed E-state index contributed by atoms with van der Waals surface area (Å²) in [5.74, 6) is -1.30. The molecule has 0 bridgehead atoms. The first-order chi connectivity index (χ1) is 9.51. The Hall–Kier alpha value is -1.68. The molecule has 0 aliphatic heterocycles. The van der Waals surface area contributed by atoms with E-state index in [0.29, 0.717) is 11.3 Å². The van der Waals surface area contributed by atoms with E-state index in [2.05, 4.69) is 33.1 Å². The van der Waals surface area contributed by atoms with Gasteiger partial charge in [0.1, 0.15) is 5.82 Å². The lowest BCUT2D eigenvalue weighted by Gasteiger charge is -2.07. The summed E-state index contributed by atoms with van der Waals surface area (Å²) in [4.78, 5) is 12.0. The van der Waals surface area contributed by atoms with Crippen molar-refractivity contribution in [3.05, 3.63) is 49.5 Å². The molecule has 8 heteroatoms. The van der Waals surface area contributed by atoms with E-state index in [9.17, 15) is 9.18 Å². The lowest BCUT2D eigenvalue weighted by molar-refractivity contribution is 0.102. The number of hydrogen-bond donors (Lipinski definition) is 3. The molecule has 5 nitrogen and oxygen atoms in total. The van der Waals surface area contributed by atoms with Gasteiger partial charge in [-0.3, -0.25) is 4.79 Å². The predicted octanol–water partition coefficient (Wildman–Crippen LogP) is 2.84. The van der Waals surface area contributed by atoms with Crippen LogP contribution in [0.4, 0.5) is 10.1 Å². The molecule has 0 saturated carbocycles. The van der Waals surface area contributed by atoms with Crippen molar-refractivity contribution in [1.29, 1.82) is 0 Å². The molecular weight excluding hydrogens is 396 g/mol. The van der Waals surface area contributed by atoms with E-state index >= 15 is 0 Å². The number of nitrogens with two attached hydrogens (primary N) is 1. The van der Waals surface area contributed by atoms with Crippen LogP contribution in [-0.2, 0) is 0 Å². The maximum absolute atomic E-state index is 13.5. The van der Waals surface area contributed by atoms with Crippen molar-refractivity contribution in [3.8, 4) is 0 Å². The third-order valence-corrected chi connectivity index (χ3v) is 4.23. The molecule has 0 unspecified atom stereocenters. The smallest absolute Gasteiger partial charge is 0.256 e. The number of anilines is 1. The zero-order valence-electron chi connectivity index (χ0n) is 9.93. The average Bonchev–Trinajstić information content (AvgIpc) is 2.87. The van der Waals surface area contributed by atoms with Crippen LogP contribution in [0, 0.1) is 8.70 Å². The molecule has 0 spiro atoms. The Bertz CT molecular complexity index is 687. The summed E-state index contributed by atoms with van der Waals surface area (Å²) >= 11 is 3.57. The molecule has 1 heterocycles. The summed E-state index contributed by atoms with van der Waals surface area (Å²) in [5.41, 5.74) is 6.16. The number of nitrogens with zero attached hydrogens (tertiary/aromatic N) is 1. The van der Waals surface area contributed by atoms with Crippen LogP contribution in [0.5, 0.6) is 0 Å². The highest BCUT2D eigenvalue weighted by molar-refractivity contribution is 14.1. The molecule has 104 valence electrons. The fraction of sp³-hybridized carbons (Fsp3) is 0. The van der Waals surface area contributed by atoms with Gasteiger partial charge >= 0.3 is 0 Å². The van der Waals surface area contributed by atoms with Gasteiger partial charge in [-0.05, 0) is 46.9 Å². The molecule has 20 heavy (non-hydrogen) atoms. The Morgan fingerprint density at radius 1 is 1.45 bits per heavy atom. The minimum absolute atomic E-state index is 0.0785. The molecule has 1 aromatic carbocycles. The first-order valence-corrected chi connectivity index (χ1v) is 7.30. The van der Waals surface area contributed by atoms with E-state index in [4.69, 9.17) is 10.9 Å². The van der Waals surface area contributed by atoms with Crippen molar-refractivity contribution >= 4 is 51.4 Å². The van der Waals surface area contributed by atoms with Crippen molar-refractivity contribution in [2.45, 2.75) is 0 Å². The number of amidine groups is 1. The highest BCUT2D eigenvalue weighted by Gasteiger charge is 2.12. The number of oxime groups is 1. The lowest BCUT2D eigenvalue weighted by Crippen LogP contribution is -2.16. The van der Waals surface area contributed by atoms with Crippen molar-refractivity contribution in [1.82, 2.24) is 0 Å². The number of benzene rings is 1. The molecule has 0 saturated heterocycles. The number of thiophene rings is 1. The first-order valence-electron chi connectivity index (χ1n) is 5.34. The number of hydrogen-bond acceptors (Lipinski definition) is 4. The topological polar surface area (TPSA) is 87.7 Å². The Morgan fingerprint density at radius 2 is 2.20 bits per heavy atom. The molecule has 0 atom stereocenters. The molecule has 1 aromatic heterocycles. The van der Waals surface area contributed by atoms with Gasteiger partial charge in [0, 0.05) is 11.1 Å². The molecule has 0 fully saturated rings. The van der Waals surface area contributed by atoms with Crippen LogP contribution in [0.1, 0.15) is 15.9 Å². The van der Waals surface area contributed by atoms with Gasteiger partial charge in [-0.25, -0.2) is 4.39 Å². The van der Waals surface area contributed by atoms with E-state index in [0.717, 1.165) is 8.95 Å². The molecule has 0 radical (unpaired) electrons. The number of amides is 1. The van der Waals surface area contributed by atoms with E-state index < -0.39 is 5.82 Å². The molecule has 0 aliphatic carbocycles. The van der Waals surface area contributed by atoms with Crippen LogP contribution in [0.3, 0.4) is 0 Å². The number of carbonyl (C=O) groups is 1. The predicted molar refractivity (Wildman–Crippen MR) is 83.9 cm³/mol. The van der Waals surface area contributed by atoms with E-state index in [1.165, 1.54) is 23.5 Å². The highest BCUT2D eigenvalue weighted by Crippen LogP contribution is 2.19. The largest absolute Gasteiger partial charge is 0.409 e. The van der Waals surface area contributed by atoms with E-state index in [-0.39, 0.29) is 17.3 Å². The van der Waals surface area contributed by atoms with Crippen LogP contribution in [0.25, 0.3) is 0 Å². The summed E-state index contributed by atoms with van der Waals surface area (Å²) in [6.45, 7) is 0. The SMILES string of the molecule is NC(=NO)c1cc(NC(=O)c2csc(I)c2)ccc1F. The Morgan fingerprint density at radius 3 is 2.80 bits per heavy atom.